The van der Waals surface area contributed by atoms with Gasteiger partial charge in [-0.3, -0.25) is 0 Å². The molecule has 1 fully saturated rings. The van der Waals surface area contributed by atoms with Crippen LogP contribution >= 0.6 is 0 Å². The van der Waals surface area contributed by atoms with E-state index in [4.69, 9.17) is 0 Å². The molecule has 1 aliphatic heterocycles. The van der Waals surface area contributed by atoms with Crippen LogP contribution < -0.4 is 4.90 Å². The SMILES string of the molecule is Cc1nc(N2CCN(S(C)(=O)=O)CC2)cc(C(C)(C)C)n1. The van der Waals surface area contributed by atoms with Gasteiger partial charge >= 0.3 is 0 Å². The van der Waals surface area contributed by atoms with Gasteiger partial charge in [0.05, 0.1) is 11.9 Å². The molecule has 0 saturated carbocycles. The fourth-order valence-electron chi connectivity index (χ4n) is 2.35. The van der Waals surface area contributed by atoms with E-state index in [0.717, 1.165) is 17.3 Å². The second kappa shape index (κ2) is 5.53. The Bertz CT molecular complexity index is 614. The summed E-state index contributed by atoms with van der Waals surface area (Å²) < 4.78 is 24.6. The molecule has 6 nitrogen and oxygen atoms in total. The third-order valence-electron chi connectivity index (χ3n) is 3.62. The third-order valence-corrected chi connectivity index (χ3v) is 4.93. The molecule has 0 bridgehead atoms. The lowest BCUT2D eigenvalue weighted by Crippen LogP contribution is -2.48. The first-order chi connectivity index (χ1) is 9.57. The summed E-state index contributed by atoms with van der Waals surface area (Å²) >= 11 is 0. The van der Waals surface area contributed by atoms with Crippen LogP contribution in [0.4, 0.5) is 5.82 Å². The molecule has 1 saturated heterocycles. The zero-order valence-electron chi connectivity index (χ0n) is 13.4. The minimum Gasteiger partial charge on any atom is -0.354 e. The van der Waals surface area contributed by atoms with E-state index < -0.39 is 10.0 Å². The highest BCUT2D eigenvalue weighted by Gasteiger charge is 2.25. The second-order valence-electron chi connectivity index (χ2n) is 6.56. The van der Waals surface area contributed by atoms with Crippen LogP contribution in [-0.2, 0) is 15.4 Å². The van der Waals surface area contributed by atoms with E-state index in [2.05, 4.69) is 35.6 Å². The Morgan fingerprint density at radius 2 is 1.67 bits per heavy atom. The number of hydrogen-bond donors (Lipinski definition) is 0. The average Bonchev–Trinajstić information content (AvgIpc) is 2.36. The topological polar surface area (TPSA) is 66.4 Å². The summed E-state index contributed by atoms with van der Waals surface area (Å²) in [6.45, 7) is 10.6. The van der Waals surface area contributed by atoms with Gasteiger partial charge in [-0.05, 0) is 6.92 Å². The van der Waals surface area contributed by atoms with Crippen molar-refractivity contribution in [3.63, 3.8) is 0 Å². The lowest BCUT2D eigenvalue weighted by molar-refractivity contribution is 0.386. The van der Waals surface area contributed by atoms with Gasteiger partial charge in [-0.25, -0.2) is 18.4 Å². The highest BCUT2D eigenvalue weighted by atomic mass is 32.2. The Hall–Kier alpha value is -1.21. The Morgan fingerprint density at radius 3 is 2.14 bits per heavy atom. The molecular weight excluding hydrogens is 288 g/mol. The number of anilines is 1. The Labute approximate surface area is 127 Å². The van der Waals surface area contributed by atoms with Crippen molar-refractivity contribution in [3.05, 3.63) is 17.6 Å². The van der Waals surface area contributed by atoms with E-state index in [9.17, 15) is 8.42 Å². The maximum Gasteiger partial charge on any atom is 0.211 e. The first-order valence-corrected chi connectivity index (χ1v) is 8.98. The first-order valence-electron chi connectivity index (χ1n) is 7.13. The van der Waals surface area contributed by atoms with Crippen molar-refractivity contribution in [3.8, 4) is 0 Å². The molecule has 1 aliphatic rings. The molecule has 118 valence electrons. The van der Waals surface area contributed by atoms with Gasteiger partial charge in [-0.2, -0.15) is 4.31 Å². The van der Waals surface area contributed by atoms with E-state index >= 15 is 0 Å². The van der Waals surface area contributed by atoms with Gasteiger partial charge in [0.1, 0.15) is 11.6 Å². The van der Waals surface area contributed by atoms with Crippen LogP contribution in [0.25, 0.3) is 0 Å². The summed E-state index contributed by atoms with van der Waals surface area (Å²) in [4.78, 5) is 11.1. The van der Waals surface area contributed by atoms with Crippen molar-refractivity contribution in [1.29, 1.82) is 0 Å². The number of aryl methyl sites for hydroxylation is 1. The van der Waals surface area contributed by atoms with Gasteiger partial charge in [-0.15, -0.1) is 0 Å². The van der Waals surface area contributed by atoms with Crippen molar-refractivity contribution in [2.24, 2.45) is 0 Å². The number of sulfonamides is 1. The van der Waals surface area contributed by atoms with Crippen molar-refractivity contribution in [1.82, 2.24) is 14.3 Å². The summed E-state index contributed by atoms with van der Waals surface area (Å²) in [6.07, 6.45) is 1.26. The standard InChI is InChI=1S/C14H24N4O2S/c1-11-15-12(14(2,3)4)10-13(16-11)17-6-8-18(9-7-17)21(5,19)20/h10H,6-9H2,1-5H3. The van der Waals surface area contributed by atoms with Crippen molar-refractivity contribution in [2.75, 3.05) is 37.3 Å². The maximum absolute atomic E-state index is 11.6. The Kier molecular flexibility index (Phi) is 4.26. The molecule has 0 radical (unpaired) electrons. The monoisotopic (exact) mass is 312 g/mol. The van der Waals surface area contributed by atoms with Gasteiger partial charge in [0, 0.05) is 37.7 Å². The van der Waals surface area contributed by atoms with Crippen LogP contribution in [-0.4, -0.2) is 55.1 Å². The van der Waals surface area contributed by atoms with E-state index in [0.29, 0.717) is 26.2 Å². The third kappa shape index (κ3) is 3.91. The van der Waals surface area contributed by atoms with E-state index in [1.54, 1.807) is 0 Å². The molecule has 0 spiro atoms. The molecule has 0 aliphatic carbocycles. The minimum atomic E-state index is -3.10. The molecule has 7 heteroatoms. The first kappa shape index (κ1) is 16.2. The van der Waals surface area contributed by atoms with Crippen LogP contribution in [0.15, 0.2) is 6.07 Å². The number of nitrogens with zero attached hydrogens (tertiary/aromatic N) is 4. The molecule has 0 atom stereocenters. The largest absolute Gasteiger partial charge is 0.354 e. The average molecular weight is 312 g/mol. The van der Waals surface area contributed by atoms with Crippen LogP contribution in [0.2, 0.25) is 0 Å². The summed E-state index contributed by atoms with van der Waals surface area (Å²) in [5, 5.41) is 0. The molecule has 1 aromatic rings. The fourth-order valence-corrected chi connectivity index (χ4v) is 3.17. The van der Waals surface area contributed by atoms with E-state index in [1.165, 1.54) is 10.6 Å². The number of aromatic nitrogens is 2. The van der Waals surface area contributed by atoms with Crippen LogP contribution in [0, 0.1) is 6.92 Å². The maximum atomic E-state index is 11.6. The Morgan fingerprint density at radius 1 is 1.10 bits per heavy atom. The summed E-state index contributed by atoms with van der Waals surface area (Å²) in [5.41, 5.74) is 0.979. The zero-order valence-corrected chi connectivity index (χ0v) is 14.2. The highest BCUT2D eigenvalue weighted by molar-refractivity contribution is 7.88. The van der Waals surface area contributed by atoms with Gasteiger partial charge in [0.15, 0.2) is 0 Å². The van der Waals surface area contributed by atoms with Crippen LogP contribution in [0.1, 0.15) is 32.3 Å². The molecule has 21 heavy (non-hydrogen) atoms. The van der Waals surface area contributed by atoms with Crippen molar-refractivity contribution in [2.45, 2.75) is 33.1 Å². The summed E-state index contributed by atoms with van der Waals surface area (Å²) in [5.74, 6) is 1.64. The highest BCUT2D eigenvalue weighted by Crippen LogP contribution is 2.24. The van der Waals surface area contributed by atoms with Gasteiger partial charge < -0.3 is 4.90 Å². The minimum absolute atomic E-state index is 0.0307. The van der Waals surface area contributed by atoms with Gasteiger partial charge in [0.25, 0.3) is 0 Å². The molecule has 0 aromatic carbocycles. The molecular formula is C14H24N4O2S. The number of hydrogen-bond acceptors (Lipinski definition) is 5. The molecule has 1 aromatic heterocycles. The lowest BCUT2D eigenvalue weighted by atomic mass is 9.92. The smallest absolute Gasteiger partial charge is 0.211 e. The van der Waals surface area contributed by atoms with Crippen molar-refractivity contribution < 1.29 is 8.42 Å². The molecule has 2 rings (SSSR count). The molecule has 0 N–H and O–H groups in total. The van der Waals surface area contributed by atoms with E-state index in [-0.39, 0.29) is 5.41 Å². The normalized spacial score (nSPS) is 18.0. The second-order valence-corrected chi connectivity index (χ2v) is 8.54. The number of piperazine rings is 1. The van der Waals surface area contributed by atoms with Gasteiger partial charge in [0.2, 0.25) is 10.0 Å². The Balaban J connectivity index is 2.19. The lowest BCUT2D eigenvalue weighted by Gasteiger charge is -2.34. The quantitative estimate of drug-likeness (QED) is 0.820. The zero-order chi connectivity index (χ0) is 15.8. The predicted molar refractivity (Wildman–Crippen MR) is 84.1 cm³/mol. The van der Waals surface area contributed by atoms with Crippen molar-refractivity contribution >= 4 is 15.8 Å². The fraction of sp³-hybridized carbons (Fsp3) is 0.714. The number of rotatable bonds is 2. The molecule has 0 amide bonds. The molecule has 0 unspecified atom stereocenters. The van der Waals surface area contributed by atoms with Crippen LogP contribution in [0.3, 0.4) is 0 Å². The predicted octanol–water partition coefficient (Wildman–Crippen LogP) is 1.16. The van der Waals surface area contributed by atoms with E-state index in [1.807, 2.05) is 13.0 Å². The summed E-state index contributed by atoms with van der Waals surface area (Å²) in [7, 11) is -3.10. The summed E-state index contributed by atoms with van der Waals surface area (Å²) in [6, 6.07) is 2.02. The molecule has 2 heterocycles. The van der Waals surface area contributed by atoms with Crippen LogP contribution in [0.5, 0.6) is 0 Å². The van der Waals surface area contributed by atoms with Gasteiger partial charge in [-0.1, -0.05) is 20.8 Å².